The molecule has 4 atom stereocenters. The molecule has 1 fully saturated rings. The first-order valence-corrected chi connectivity index (χ1v) is 14.1. The molecule has 2 amide bonds. The maximum atomic E-state index is 13.4. The Bertz CT molecular complexity index is 1100. The van der Waals surface area contributed by atoms with Gasteiger partial charge in [0, 0.05) is 13.0 Å². The van der Waals surface area contributed by atoms with Crippen LogP contribution in [0, 0.1) is 11.8 Å². The van der Waals surface area contributed by atoms with Crippen LogP contribution in [0.4, 0.5) is 0 Å². The fourth-order valence-electron chi connectivity index (χ4n) is 5.17. The number of nitrogens with zero attached hydrogens (tertiary/aromatic N) is 1. The highest BCUT2D eigenvalue weighted by Gasteiger charge is 2.32. The Balaban J connectivity index is 1.69. The molecule has 0 radical (unpaired) electrons. The third kappa shape index (κ3) is 9.19. The van der Waals surface area contributed by atoms with E-state index in [0.29, 0.717) is 32.2 Å². The number of rotatable bonds is 16. The van der Waals surface area contributed by atoms with E-state index in [1.807, 2.05) is 60.7 Å². The summed E-state index contributed by atoms with van der Waals surface area (Å²) in [5.74, 6) is -1.72. The Morgan fingerprint density at radius 3 is 2.38 bits per heavy atom. The number of hydrogen-bond donors (Lipinski definition) is 2. The van der Waals surface area contributed by atoms with Crippen LogP contribution in [0.25, 0.3) is 0 Å². The molecule has 0 bridgehead atoms. The average Bonchev–Trinajstić information content (AvgIpc) is 3.47. The van der Waals surface area contributed by atoms with E-state index in [1.54, 1.807) is 17.1 Å². The molecule has 214 valence electrons. The van der Waals surface area contributed by atoms with Crippen molar-refractivity contribution in [2.24, 2.45) is 11.8 Å². The number of carbonyl (C=O) groups is 3. The van der Waals surface area contributed by atoms with Gasteiger partial charge in [0.15, 0.2) is 0 Å². The molecule has 2 aromatic rings. The molecule has 7 nitrogen and oxygen atoms in total. The Labute approximate surface area is 237 Å². The van der Waals surface area contributed by atoms with Crippen LogP contribution in [-0.2, 0) is 25.5 Å². The minimum absolute atomic E-state index is 0.0242. The number of allylic oxidation sites excluding steroid dienone is 2. The van der Waals surface area contributed by atoms with E-state index in [1.165, 1.54) is 0 Å². The van der Waals surface area contributed by atoms with E-state index < -0.39 is 12.0 Å². The molecule has 0 aromatic heterocycles. The summed E-state index contributed by atoms with van der Waals surface area (Å²) in [5, 5.41) is 12.6. The van der Waals surface area contributed by atoms with Crippen molar-refractivity contribution in [1.82, 2.24) is 10.2 Å². The van der Waals surface area contributed by atoms with Gasteiger partial charge in [-0.05, 0) is 49.7 Å². The summed E-state index contributed by atoms with van der Waals surface area (Å²) in [4.78, 5) is 41.3. The smallest absolute Gasteiger partial charge is 0.309 e. The number of likely N-dealkylation sites (tertiary alicyclic amines) is 1. The second-order valence-corrected chi connectivity index (χ2v) is 10.3. The molecule has 40 heavy (non-hydrogen) atoms. The van der Waals surface area contributed by atoms with Crippen LogP contribution < -0.4 is 5.32 Å². The van der Waals surface area contributed by atoms with E-state index in [4.69, 9.17) is 4.74 Å². The first-order valence-electron chi connectivity index (χ1n) is 14.1. The lowest BCUT2D eigenvalue weighted by Crippen LogP contribution is -2.42. The molecule has 0 unspecified atom stereocenters. The van der Waals surface area contributed by atoms with Gasteiger partial charge in [0.05, 0.1) is 30.5 Å². The quantitative estimate of drug-likeness (QED) is 0.233. The summed E-state index contributed by atoms with van der Waals surface area (Å²) < 4.78 is 5.81. The zero-order valence-corrected chi connectivity index (χ0v) is 23.3. The van der Waals surface area contributed by atoms with Crippen molar-refractivity contribution in [2.45, 2.75) is 57.0 Å². The van der Waals surface area contributed by atoms with Gasteiger partial charge in [0.1, 0.15) is 6.61 Å². The van der Waals surface area contributed by atoms with Gasteiger partial charge in [-0.25, -0.2) is 0 Å². The largest absolute Gasteiger partial charge is 0.463 e. The van der Waals surface area contributed by atoms with Crippen molar-refractivity contribution >= 4 is 17.8 Å². The van der Waals surface area contributed by atoms with E-state index in [0.717, 1.165) is 24.0 Å². The molecule has 1 saturated heterocycles. The normalized spacial score (nSPS) is 16.9. The zero-order chi connectivity index (χ0) is 28.7. The Morgan fingerprint density at radius 2 is 1.73 bits per heavy atom. The molecule has 3 rings (SSSR count). The third-order valence-corrected chi connectivity index (χ3v) is 7.44. The van der Waals surface area contributed by atoms with Crippen LogP contribution in [0.1, 0.15) is 55.7 Å². The lowest BCUT2D eigenvalue weighted by atomic mass is 9.94. The number of aliphatic hydroxyl groups excluding tert-OH is 1. The molecular formula is C33H42N2O5. The molecule has 0 aliphatic carbocycles. The van der Waals surface area contributed by atoms with Crippen LogP contribution in [0.3, 0.4) is 0 Å². The van der Waals surface area contributed by atoms with Crippen LogP contribution in [0.15, 0.2) is 86.0 Å². The summed E-state index contributed by atoms with van der Waals surface area (Å²) in [7, 11) is 0. The highest BCUT2D eigenvalue weighted by molar-refractivity contribution is 5.86. The number of esters is 1. The minimum Gasteiger partial charge on any atom is -0.463 e. The van der Waals surface area contributed by atoms with Gasteiger partial charge in [-0.15, -0.1) is 13.2 Å². The van der Waals surface area contributed by atoms with Gasteiger partial charge < -0.3 is 20.1 Å². The molecule has 2 aromatic carbocycles. The van der Waals surface area contributed by atoms with E-state index in [9.17, 15) is 19.5 Å². The molecule has 2 N–H and O–H groups in total. The highest BCUT2D eigenvalue weighted by atomic mass is 16.5. The van der Waals surface area contributed by atoms with Gasteiger partial charge in [-0.1, -0.05) is 72.8 Å². The lowest BCUT2D eigenvalue weighted by Gasteiger charge is -2.27. The molecular weight excluding hydrogens is 504 g/mol. The van der Waals surface area contributed by atoms with Gasteiger partial charge >= 0.3 is 5.97 Å². The maximum absolute atomic E-state index is 13.4. The second-order valence-electron chi connectivity index (χ2n) is 10.3. The molecule has 0 spiro atoms. The Hall–Kier alpha value is -3.71. The molecule has 1 aliphatic rings. The Morgan fingerprint density at radius 1 is 1.02 bits per heavy atom. The first-order chi connectivity index (χ1) is 19.5. The standard InChI is InChI=1S/C33H42N2O5/c1-3-5-16-28(21-25-14-8-6-9-15-25)33(39)40-24-30(26-17-10-7-11-18-26)34-32(38)27(13-4-2)22-31(37)35-20-12-19-29(35)23-36/h3-4,6-11,14-15,17-18,27-30,36H,1-2,5,12-13,16,19-24H2,(H,34,38)/t27-,28+,29-,30+/m0/s1. The summed E-state index contributed by atoms with van der Waals surface area (Å²) >= 11 is 0. The van der Waals surface area contributed by atoms with Crippen molar-refractivity contribution in [1.29, 1.82) is 0 Å². The van der Waals surface area contributed by atoms with E-state index >= 15 is 0 Å². The fraction of sp³-hybridized carbons (Fsp3) is 0.424. The summed E-state index contributed by atoms with van der Waals surface area (Å²) in [6.07, 6.45) is 7.26. The average molecular weight is 547 g/mol. The minimum atomic E-state index is -0.620. The number of hydrogen-bond acceptors (Lipinski definition) is 5. The molecule has 1 heterocycles. The highest BCUT2D eigenvalue weighted by Crippen LogP contribution is 2.23. The van der Waals surface area contributed by atoms with Crippen LogP contribution >= 0.6 is 0 Å². The first kappa shape index (κ1) is 30.8. The molecule has 0 saturated carbocycles. The van der Waals surface area contributed by atoms with E-state index in [2.05, 4.69) is 18.5 Å². The van der Waals surface area contributed by atoms with Gasteiger partial charge in [0.2, 0.25) is 11.8 Å². The van der Waals surface area contributed by atoms with Crippen molar-refractivity contribution in [2.75, 3.05) is 19.8 Å². The van der Waals surface area contributed by atoms with Crippen molar-refractivity contribution in [3.63, 3.8) is 0 Å². The molecule has 7 heteroatoms. The predicted octanol–water partition coefficient (Wildman–Crippen LogP) is 4.78. The summed E-state index contributed by atoms with van der Waals surface area (Å²) in [6, 6.07) is 18.4. The van der Waals surface area contributed by atoms with Crippen molar-refractivity contribution < 1.29 is 24.2 Å². The summed E-state index contributed by atoms with van der Waals surface area (Å²) in [5.41, 5.74) is 1.86. The Kier molecular flexibility index (Phi) is 12.6. The summed E-state index contributed by atoms with van der Waals surface area (Å²) in [6.45, 7) is 8.04. The zero-order valence-electron chi connectivity index (χ0n) is 23.3. The van der Waals surface area contributed by atoms with Crippen LogP contribution in [0.2, 0.25) is 0 Å². The maximum Gasteiger partial charge on any atom is 0.309 e. The number of benzene rings is 2. The van der Waals surface area contributed by atoms with Gasteiger partial charge in [-0.3, -0.25) is 14.4 Å². The van der Waals surface area contributed by atoms with Crippen molar-refractivity contribution in [3.8, 4) is 0 Å². The number of ether oxygens (including phenoxy) is 1. The van der Waals surface area contributed by atoms with E-state index in [-0.39, 0.29) is 49.4 Å². The SMILES string of the molecule is C=CCC[C@H](Cc1ccccc1)C(=O)OC[C@@H](NC(=O)[C@@H](CC=C)CC(=O)N1CCC[C@H]1CO)c1ccccc1. The number of aliphatic hydroxyl groups is 1. The third-order valence-electron chi connectivity index (χ3n) is 7.44. The lowest BCUT2D eigenvalue weighted by molar-refractivity contribution is -0.150. The number of nitrogens with one attached hydrogen (secondary N) is 1. The number of carbonyl (C=O) groups excluding carboxylic acids is 3. The number of amides is 2. The van der Waals surface area contributed by atoms with Gasteiger partial charge in [-0.2, -0.15) is 0 Å². The van der Waals surface area contributed by atoms with Crippen LogP contribution in [0.5, 0.6) is 0 Å². The fourth-order valence-corrected chi connectivity index (χ4v) is 5.17. The topological polar surface area (TPSA) is 95.9 Å². The second kappa shape index (κ2) is 16.4. The molecule has 1 aliphatic heterocycles. The van der Waals surface area contributed by atoms with Crippen molar-refractivity contribution in [3.05, 3.63) is 97.1 Å². The van der Waals surface area contributed by atoms with Crippen LogP contribution in [-0.4, -0.2) is 53.6 Å². The monoisotopic (exact) mass is 546 g/mol. The predicted molar refractivity (Wildman–Crippen MR) is 156 cm³/mol. The van der Waals surface area contributed by atoms with Gasteiger partial charge in [0.25, 0.3) is 0 Å².